The minimum Gasteiger partial charge on any atom is -0.256 e. The number of benzene rings is 11. The molecule has 16 rings (SSSR count). The van der Waals surface area contributed by atoms with Gasteiger partial charge < -0.3 is 0 Å². The van der Waals surface area contributed by atoms with Crippen molar-refractivity contribution >= 4 is 54.4 Å². The minimum absolute atomic E-state index is 0.920. The number of hydrogen-bond acceptors (Lipinski definition) is 3. The second-order valence-corrected chi connectivity index (χ2v) is 21.2. The second-order valence-electron chi connectivity index (χ2n) is 21.2. The number of nitrogens with zero attached hydrogens (tertiary/aromatic N) is 5. The van der Waals surface area contributed by atoms with Gasteiger partial charge in [0.25, 0.3) is 0 Å². The van der Waals surface area contributed by atoms with Crippen LogP contribution in [0.1, 0.15) is 0 Å². The van der Waals surface area contributed by atoms with E-state index >= 15 is 0 Å². The predicted molar refractivity (Wildman–Crippen MR) is 341 cm³/mol. The van der Waals surface area contributed by atoms with Gasteiger partial charge in [-0.3, -0.25) is 4.98 Å². The zero-order chi connectivity index (χ0) is 54.1. The van der Waals surface area contributed by atoms with E-state index < -0.39 is 0 Å². The molecule has 0 saturated heterocycles. The largest absolute Gasteiger partial charge is 0.256 e. The molecule has 5 aromatic heterocycles. The average molecular weight is 1040 g/mol. The van der Waals surface area contributed by atoms with Crippen molar-refractivity contribution in [1.29, 1.82) is 0 Å². The standard InChI is InChI=1S/C77H49N5/c1-2-19-50(20-3-1)51-37-39-52(40-38-51)53-21-18-22-54(43-53)73-42-41-55(47-78-73)59-23-4-5-24-60(59)56-44-57(61-25-6-8-27-63(61)71-48-79-81-74-35-16-14-31-67(74)65-29-10-12-33-69(65)76(71)81)46-58(45-56)62-26-7-9-28-64(62)72-49-80-82-75-36-17-15-32-68(75)66-30-11-13-34-70(66)77(72)82/h1-49H. The molecule has 16 aromatic rings. The molecule has 0 N–H and O–H groups in total. The van der Waals surface area contributed by atoms with Crippen LogP contribution in [0.3, 0.4) is 0 Å². The van der Waals surface area contributed by atoms with Crippen LogP contribution in [0.15, 0.2) is 298 Å². The summed E-state index contributed by atoms with van der Waals surface area (Å²) in [4.78, 5) is 5.17. The lowest BCUT2D eigenvalue weighted by molar-refractivity contribution is 1.01. The fraction of sp³-hybridized carbons (Fsp3) is 0. The average Bonchev–Trinajstić information content (AvgIpc) is 3.88. The molecule has 5 heteroatoms. The Labute approximate surface area is 474 Å². The minimum atomic E-state index is 0.920. The molecule has 0 atom stereocenters. The maximum absolute atomic E-state index is 5.17. The van der Waals surface area contributed by atoms with Crippen LogP contribution in [0, 0.1) is 0 Å². The van der Waals surface area contributed by atoms with Gasteiger partial charge in [0.2, 0.25) is 0 Å². The van der Waals surface area contributed by atoms with Crippen LogP contribution in [-0.4, -0.2) is 24.2 Å². The highest BCUT2D eigenvalue weighted by atomic mass is 15.2. The maximum atomic E-state index is 5.17. The molecule has 0 aliphatic heterocycles. The van der Waals surface area contributed by atoms with Gasteiger partial charge in [0.1, 0.15) is 0 Å². The Morgan fingerprint density at radius 1 is 0.207 bits per heavy atom. The van der Waals surface area contributed by atoms with Crippen LogP contribution in [-0.2, 0) is 0 Å². The summed E-state index contributed by atoms with van der Waals surface area (Å²) >= 11 is 0. The summed E-state index contributed by atoms with van der Waals surface area (Å²) in [6.45, 7) is 0. The molecule has 5 heterocycles. The third-order valence-corrected chi connectivity index (χ3v) is 16.5. The molecule has 382 valence electrons. The van der Waals surface area contributed by atoms with Crippen molar-refractivity contribution in [3.05, 3.63) is 298 Å². The summed E-state index contributed by atoms with van der Waals surface area (Å²) in [6, 6.07) is 101. The fourth-order valence-corrected chi connectivity index (χ4v) is 12.7. The van der Waals surface area contributed by atoms with Crippen molar-refractivity contribution in [2.24, 2.45) is 0 Å². The zero-order valence-corrected chi connectivity index (χ0v) is 44.5. The molecule has 0 radical (unpaired) electrons. The lowest BCUT2D eigenvalue weighted by atomic mass is 9.86. The Morgan fingerprint density at radius 2 is 0.561 bits per heavy atom. The number of aromatic nitrogens is 5. The van der Waals surface area contributed by atoms with E-state index in [0.29, 0.717) is 0 Å². The quantitative estimate of drug-likeness (QED) is 0.135. The van der Waals surface area contributed by atoms with E-state index in [4.69, 9.17) is 15.2 Å². The van der Waals surface area contributed by atoms with Crippen LogP contribution in [0.5, 0.6) is 0 Å². The van der Waals surface area contributed by atoms with E-state index in [9.17, 15) is 0 Å². The van der Waals surface area contributed by atoms with Crippen molar-refractivity contribution < 1.29 is 0 Å². The highest BCUT2D eigenvalue weighted by molar-refractivity contribution is 6.17. The lowest BCUT2D eigenvalue weighted by Gasteiger charge is -2.18. The van der Waals surface area contributed by atoms with Gasteiger partial charge in [0.15, 0.2) is 0 Å². The Balaban J connectivity index is 0.858. The van der Waals surface area contributed by atoms with Gasteiger partial charge in [-0.15, -0.1) is 0 Å². The SMILES string of the molecule is c1ccc(-c2ccc(-c3cccc(-c4ccc(-c5ccccc5-c5cc(-c6ccccc6-c6cnn7c8ccccc8c8ccccc8c67)cc(-c6ccccc6-c6cnn7c8ccccc8c8ccccc8c67)c5)cn4)c3)cc2)cc1. The first kappa shape index (κ1) is 47.0. The van der Waals surface area contributed by atoms with Gasteiger partial charge in [-0.2, -0.15) is 10.2 Å². The summed E-state index contributed by atoms with van der Waals surface area (Å²) in [7, 11) is 0. The van der Waals surface area contributed by atoms with Crippen LogP contribution in [0.4, 0.5) is 0 Å². The number of fused-ring (bicyclic) bond motifs is 12. The number of para-hydroxylation sites is 2. The molecule has 5 nitrogen and oxygen atoms in total. The summed E-state index contributed by atoms with van der Waals surface area (Å²) in [5.41, 5.74) is 24.2. The second kappa shape index (κ2) is 19.4. The van der Waals surface area contributed by atoms with E-state index in [1.54, 1.807) is 0 Å². The fourth-order valence-electron chi connectivity index (χ4n) is 12.7. The van der Waals surface area contributed by atoms with E-state index in [-0.39, 0.29) is 0 Å². The van der Waals surface area contributed by atoms with Crippen LogP contribution in [0.2, 0.25) is 0 Å². The van der Waals surface area contributed by atoms with Crippen molar-refractivity contribution in [3.63, 3.8) is 0 Å². The first-order chi connectivity index (χ1) is 40.7. The van der Waals surface area contributed by atoms with Crippen molar-refractivity contribution in [2.45, 2.75) is 0 Å². The van der Waals surface area contributed by atoms with Crippen molar-refractivity contribution in [1.82, 2.24) is 24.2 Å². The molecule has 0 amide bonds. The normalized spacial score (nSPS) is 11.7. The van der Waals surface area contributed by atoms with Crippen molar-refractivity contribution in [3.8, 4) is 100 Å². The monoisotopic (exact) mass is 1040 g/mol. The third-order valence-electron chi connectivity index (χ3n) is 16.5. The molecule has 0 fully saturated rings. The summed E-state index contributed by atoms with van der Waals surface area (Å²) in [5.74, 6) is 0. The molecule has 0 aliphatic rings. The highest BCUT2D eigenvalue weighted by Crippen LogP contribution is 2.46. The van der Waals surface area contributed by atoms with E-state index in [0.717, 1.165) is 116 Å². The van der Waals surface area contributed by atoms with E-state index in [2.05, 4.69) is 300 Å². The van der Waals surface area contributed by atoms with Gasteiger partial charge in [-0.05, 0) is 126 Å². The van der Waals surface area contributed by atoms with Gasteiger partial charge in [-0.25, -0.2) is 9.03 Å². The Bertz CT molecular complexity index is 4930. The Kier molecular flexibility index (Phi) is 11.1. The Hall–Kier alpha value is -11.0. The molecule has 0 aliphatic carbocycles. The van der Waals surface area contributed by atoms with Gasteiger partial charge in [0, 0.05) is 50.0 Å². The summed E-state index contributed by atoms with van der Waals surface area (Å²) < 4.78 is 4.25. The molecular weight excluding hydrogens is 995 g/mol. The maximum Gasteiger partial charge on any atom is 0.0826 e. The zero-order valence-electron chi connectivity index (χ0n) is 44.5. The first-order valence-electron chi connectivity index (χ1n) is 27.9. The van der Waals surface area contributed by atoms with Crippen LogP contribution >= 0.6 is 0 Å². The Morgan fingerprint density at radius 3 is 1.06 bits per heavy atom. The molecule has 0 bridgehead atoms. The van der Waals surface area contributed by atoms with Crippen LogP contribution < -0.4 is 0 Å². The van der Waals surface area contributed by atoms with Crippen LogP contribution in [0.25, 0.3) is 155 Å². The third kappa shape index (κ3) is 7.82. The smallest absolute Gasteiger partial charge is 0.0826 e. The van der Waals surface area contributed by atoms with Gasteiger partial charge >= 0.3 is 0 Å². The number of pyridine rings is 3. The predicted octanol–water partition coefficient (Wildman–Crippen LogP) is 20.0. The first-order valence-corrected chi connectivity index (χ1v) is 27.9. The molecule has 0 unspecified atom stereocenters. The summed E-state index contributed by atoms with van der Waals surface area (Å²) in [6.07, 6.45) is 6.14. The molecule has 0 saturated carbocycles. The van der Waals surface area contributed by atoms with Gasteiger partial charge in [0.05, 0.1) is 40.2 Å². The molecule has 11 aromatic carbocycles. The number of hydrogen-bond donors (Lipinski definition) is 0. The molecular formula is C77H49N5. The van der Waals surface area contributed by atoms with Crippen molar-refractivity contribution in [2.75, 3.05) is 0 Å². The highest BCUT2D eigenvalue weighted by Gasteiger charge is 2.22. The van der Waals surface area contributed by atoms with E-state index in [1.807, 2.05) is 6.20 Å². The topological polar surface area (TPSA) is 47.5 Å². The molecule has 0 spiro atoms. The lowest BCUT2D eigenvalue weighted by Crippen LogP contribution is -1.94. The number of rotatable bonds is 9. The van der Waals surface area contributed by atoms with E-state index in [1.165, 1.54) is 38.2 Å². The molecule has 82 heavy (non-hydrogen) atoms. The van der Waals surface area contributed by atoms with Gasteiger partial charge in [-0.1, -0.05) is 237 Å². The summed E-state index contributed by atoms with van der Waals surface area (Å²) in [5, 5.41) is 17.4.